The van der Waals surface area contributed by atoms with Gasteiger partial charge in [-0.25, -0.2) is 0 Å². The second-order valence-electron chi connectivity index (χ2n) is 5.33. The van der Waals surface area contributed by atoms with Crippen LogP contribution < -0.4 is 0 Å². The molecule has 118 valence electrons. The lowest BCUT2D eigenvalue weighted by molar-refractivity contribution is 0.0726. The molecule has 1 atom stereocenters. The summed E-state index contributed by atoms with van der Waals surface area (Å²) < 4.78 is 10.5. The van der Waals surface area contributed by atoms with E-state index in [0.29, 0.717) is 17.3 Å². The second kappa shape index (κ2) is 6.08. The summed E-state index contributed by atoms with van der Waals surface area (Å²) >= 11 is 0. The van der Waals surface area contributed by atoms with Crippen LogP contribution in [-0.4, -0.2) is 28.0 Å². The Morgan fingerprint density at radius 2 is 1.96 bits per heavy atom. The summed E-state index contributed by atoms with van der Waals surface area (Å²) in [5, 5.41) is 3.76. The monoisotopic (exact) mass is 311 g/mol. The standard InChI is InChI=1S/C17H17N3O3/c1-11(15-5-4-10-22-15)20(3)17(21)14-8-6-13(7-9-14)16-18-12(2)19-23-16/h4-11H,1-3H3. The number of carbonyl (C=O) groups is 1. The molecular weight excluding hydrogens is 294 g/mol. The van der Waals surface area contributed by atoms with Crippen molar-refractivity contribution in [1.82, 2.24) is 15.0 Å². The van der Waals surface area contributed by atoms with E-state index in [2.05, 4.69) is 10.1 Å². The number of rotatable bonds is 4. The molecule has 1 unspecified atom stereocenters. The first-order valence-electron chi connectivity index (χ1n) is 7.27. The lowest BCUT2D eigenvalue weighted by Gasteiger charge is -2.23. The number of nitrogens with zero attached hydrogens (tertiary/aromatic N) is 3. The summed E-state index contributed by atoms with van der Waals surface area (Å²) in [6.45, 7) is 3.68. The molecule has 23 heavy (non-hydrogen) atoms. The molecule has 1 amide bonds. The number of carbonyl (C=O) groups excluding carboxylic acids is 1. The van der Waals surface area contributed by atoms with E-state index in [1.54, 1.807) is 49.4 Å². The molecule has 0 fully saturated rings. The molecule has 0 spiro atoms. The molecule has 0 aliphatic rings. The normalized spacial score (nSPS) is 12.1. The van der Waals surface area contributed by atoms with Gasteiger partial charge in [0, 0.05) is 18.2 Å². The maximum Gasteiger partial charge on any atom is 0.257 e. The van der Waals surface area contributed by atoms with Crippen LogP contribution in [0.25, 0.3) is 11.5 Å². The molecule has 0 aliphatic carbocycles. The highest BCUT2D eigenvalue weighted by atomic mass is 16.5. The minimum atomic E-state index is -0.143. The number of aryl methyl sites for hydroxylation is 1. The molecule has 0 saturated heterocycles. The number of amides is 1. The predicted molar refractivity (Wildman–Crippen MR) is 83.7 cm³/mol. The zero-order valence-electron chi connectivity index (χ0n) is 13.2. The highest BCUT2D eigenvalue weighted by Gasteiger charge is 2.21. The molecule has 0 saturated carbocycles. The van der Waals surface area contributed by atoms with Gasteiger partial charge in [0.2, 0.25) is 0 Å². The molecule has 3 rings (SSSR count). The van der Waals surface area contributed by atoms with E-state index in [-0.39, 0.29) is 11.9 Å². The van der Waals surface area contributed by atoms with E-state index < -0.39 is 0 Å². The Balaban J connectivity index is 1.77. The van der Waals surface area contributed by atoms with Crippen molar-refractivity contribution < 1.29 is 13.7 Å². The van der Waals surface area contributed by atoms with E-state index in [1.165, 1.54) is 0 Å². The van der Waals surface area contributed by atoms with Crippen molar-refractivity contribution in [1.29, 1.82) is 0 Å². The van der Waals surface area contributed by atoms with Crippen molar-refractivity contribution in [3.8, 4) is 11.5 Å². The number of benzene rings is 1. The van der Waals surface area contributed by atoms with Crippen LogP contribution in [0.2, 0.25) is 0 Å². The highest BCUT2D eigenvalue weighted by Crippen LogP contribution is 2.22. The molecule has 6 nitrogen and oxygen atoms in total. The summed E-state index contributed by atoms with van der Waals surface area (Å²) in [5.74, 6) is 1.69. The SMILES string of the molecule is Cc1noc(-c2ccc(C(=O)N(C)C(C)c3ccco3)cc2)n1. The fraction of sp³-hybridized carbons (Fsp3) is 0.235. The Bertz CT molecular complexity index is 791. The van der Waals surface area contributed by atoms with Crippen LogP contribution >= 0.6 is 0 Å². The van der Waals surface area contributed by atoms with Crippen LogP contribution in [0.15, 0.2) is 51.6 Å². The first kappa shape index (κ1) is 15.0. The van der Waals surface area contributed by atoms with Gasteiger partial charge in [0.05, 0.1) is 12.3 Å². The minimum absolute atomic E-state index is 0.0813. The zero-order chi connectivity index (χ0) is 16.4. The molecule has 2 aromatic heterocycles. The van der Waals surface area contributed by atoms with Gasteiger partial charge in [-0.2, -0.15) is 4.98 Å². The summed E-state index contributed by atoms with van der Waals surface area (Å²) in [6.07, 6.45) is 1.60. The van der Waals surface area contributed by atoms with E-state index >= 15 is 0 Å². The van der Waals surface area contributed by atoms with Crippen LogP contribution in [0.5, 0.6) is 0 Å². The largest absolute Gasteiger partial charge is 0.467 e. The smallest absolute Gasteiger partial charge is 0.257 e. The molecule has 2 heterocycles. The second-order valence-corrected chi connectivity index (χ2v) is 5.33. The maximum absolute atomic E-state index is 12.6. The van der Waals surface area contributed by atoms with Gasteiger partial charge < -0.3 is 13.8 Å². The van der Waals surface area contributed by atoms with Crippen LogP contribution in [-0.2, 0) is 0 Å². The average molecular weight is 311 g/mol. The summed E-state index contributed by atoms with van der Waals surface area (Å²) in [6, 6.07) is 10.6. The van der Waals surface area contributed by atoms with Gasteiger partial charge in [0.1, 0.15) is 5.76 Å². The third-order valence-corrected chi connectivity index (χ3v) is 3.76. The topological polar surface area (TPSA) is 72.4 Å². The third-order valence-electron chi connectivity index (χ3n) is 3.76. The van der Waals surface area contributed by atoms with Crippen molar-refractivity contribution in [3.05, 3.63) is 59.8 Å². The van der Waals surface area contributed by atoms with Gasteiger partial charge in [0.25, 0.3) is 11.8 Å². The first-order valence-corrected chi connectivity index (χ1v) is 7.27. The molecular formula is C17H17N3O3. The summed E-state index contributed by atoms with van der Waals surface area (Å²) in [7, 11) is 1.75. The highest BCUT2D eigenvalue weighted by molar-refractivity contribution is 5.94. The van der Waals surface area contributed by atoms with E-state index in [9.17, 15) is 4.79 Å². The number of hydrogen-bond donors (Lipinski definition) is 0. The van der Waals surface area contributed by atoms with Crippen molar-refractivity contribution >= 4 is 5.91 Å². The van der Waals surface area contributed by atoms with E-state index in [0.717, 1.165) is 11.3 Å². The lowest BCUT2D eigenvalue weighted by Crippen LogP contribution is -2.29. The quantitative estimate of drug-likeness (QED) is 0.737. The number of aromatic nitrogens is 2. The van der Waals surface area contributed by atoms with Crippen molar-refractivity contribution in [2.24, 2.45) is 0 Å². The predicted octanol–water partition coefficient (Wildman–Crippen LogP) is 3.47. The van der Waals surface area contributed by atoms with Crippen LogP contribution in [0.1, 0.15) is 34.9 Å². The summed E-state index contributed by atoms with van der Waals surface area (Å²) in [5.41, 5.74) is 1.37. The van der Waals surface area contributed by atoms with Gasteiger partial charge in [-0.1, -0.05) is 5.16 Å². The van der Waals surface area contributed by atoms with Crippen LogP contribution in [0.3, 0.4) is 0 Å². The average Bonchev–Trinajstić information content (AvgIpc) is 3.24. The van der Waals surface area contributed by atoms with Crippen molar-refractivity contribution in [3.63, 3.8) is 0 Å². The van der Waals surface area contributed by atoms with E-state index in [4.69, 9.17) is 8.94 Å². The molecule has 1 aromatic carbocycles. The van der Waals surface area contributed by atoms with E-state index in [1.807, 2.05) is 19.1 Å². The Morgan fingerprint density at radius 1 is 1.22 bits per heavy atom. The van der Waals surface area contributed by atoms with Gasteiger partial charge in [-0.05, 0) is 50.2 Å². The van der Waals surface area contributed by atoms with Gasteiger partial charge in [-0.15, -0.1) is 0 Å². The van der Waals surface area contributed by atoms with Gasteiger partial charge in [0.15, 0.2) is 5.82 Å². The minimum Gasteiger partial charge on any atom is -0.467 e. The van der Waals surface area contributed by atoms with Crippen molar-refractivity contribution in [2.75, 3.05) is 7.05 Å². The van der Waals surface area contributed by atoms with Crippen LogP contribution in [0, 0.1) is 6.92 Å². The Hall–Kier alpha value is -2.89. The molecule has 0 bridgehead atoms. The van der Waals surface area contributed by atoms with Crippen molar-refractivity contribution in [2.45, 2.75) is 19.9 Å². The molecule has 6 heteroatoms. The van der Waals surface area contributed by atoms with Gasteiger partial charge in [-0.3, -0.25) is 4.79 Å². The Kier molecular flexibility index (Phi) is 3.97. The Morgan fingerprint density at radius 3 is 2.52 bits per heavy atom. The fourth-order valence-electron chi connectivity index (χ4n) is 2.27. The molecule has 3 aromatic rings. The molecule has 0 aliphatic heterocycles. The maximum atomic E-state index is 12.6. The zero-order valence-corrected chi connectivity index (χ0v) is 13.2. The molecule has 0 N–H and O–H groups in total. The first-order chi connectivity index (χ1) is 11.1. The Labute approximate surface area is 133 Å². The third kappa shape index (κ3) is 3.01. The number of furan rings is 1. The summed E-state index contributed by atoms with van der Waals surface area (Å²) in [4.78, 5) is 18.4. The fourth-order valence-corrected chi connectivity index (χ4v) is 2.27. The lowest BCUT2D eigenvalue weighted by atomic mass is 10.1. The molecule has 0 radical (unpaired) electrons. The number of hydrogen-bond acceptors (Lipinski definition) is 5. The van der Waals surface area contributed by atoms with Gasteiger partial charge >= 0.3 is 0 Å². The van der Waals surface area contributed by atoms with Crippen LogP contribution in [0.4, 0.5) is 0 Å².